The Bertz CT molecular complexity index is 313. The summed E-state index contributed by atoms with van der Waals surface area (Å²) >= 11 is 0. The highest BCUT2D eigenvalue weighted by molar-refractivity contribution is 7.46. The molecule has 4 atom stereocenters. The minimum atomic E-state index is -4.86. The number of Topliss-reactive ketones (excluding diaryl/α,β-unsaturated/α-hetero) is 1. The maximum absolute atomic E-state index is 10.8. The Morgan fingerprint density at radius 2 is 1.61 bits per heavy atom. The van der Waals surface area contributed by atoms with Gasteiger partial charge in [-0.1, -0.05) is 0 Å². The summed E-state index contributed by atoms with van der Waals surface area (Å²) in [6.07, 6.45) is -8.33. The van der Waals surface area contributed by atoms with E-state index in [9.17, 15) is 24.7 Å². The Balaban J connectivity index is 4.40. The molecule has 18 heavy (non-hydrogen) atoms. The van der Waals surface area contributed by atoms with E-state index >= 15 is 0 Å². The molecule has 0 aliphatic heterocycles. The molecular formula is C7H15O10P. The molecule has 0 unspecified atom stereocenters. The summed E-state index contributed by atoms with van der Waals surface area (Å²) in [4.78, 5) is 27.4. The number of phosphoric ester groups is 1. The highest BCUT2D eigenvalue weighted by Gasteiger charge is 2.34. The highest BCUT2D eigenvalue weighted by atomic mass is 31.2. The van der Waals surface area contributed by atoms with Crippen LogP contribution in [0.25, 0.3) is 0 Å². The van der Waals surface area contributed by atoms with E-state index < -0.39 is 51.2 Å². The predicted molar refractivity (Wildman–Crippen MR) is 54.1 cm³/mol. The van der Waals surface area contributed by atoms with Gasteiger partial charge in [0.05, 0.1) is 6.61 Å². The largest absolute Gasteiger partial charge is 0.469 e. The summed E-state index contributed by atoms with van der Waals surface area (Å²) in [7, 11) is -4.86. The molecule has 0 saturated carbocycles. The van der Waals surface area contributed by atoms with E-state index in [0.717, 1.165) is 0 Å². The first-order valence-corrected chi connectivity index (χ1v) is 6.19. The molecule has 0 aliphatic carbocycles. The van der Waals surface area contributed by atoms with E-state index in [2.05, 4.69) is 4.52 Å². The fourth-order valence-electron chi connectivity index (χ4n) is 0.970. The maximum Gasteiger partial charge on any atom is 0.469 e. The Hall–Kier alpha value is -0.420. The Morgan fingerprint density at radius 3 is 2.00 bits per heavy atom. The van der Waals surface area contributed by atoms with Gasteiger partial charge in [0.1, 0.15) is 31.0 Å². The highest BCUT2D eigenvalue weighted by Crippen LogP contribution is 2.35. The van der Waals surface area contributed by atoms with Gasteiger partial charge < -0.3 is 35.3 Å². The normalized spacial score (nSPS) is 19.1. The second-order valence-electron chi connectivity index (χ2n) is 3.40. The van der Waals surface area contributed by atoms with Crippen LogP contribution in [0.15, 0.2) is 0 Å². The molecule has 0 radical (unpaired) electrons. The number of aliphatic hydroxyl groups excluding tert-OH is 5. The minimum Gasteiger partial charge on any atom is -0.388 e. The monoisotopic (exact) mass is 291 g/mol. The van der Waals surface area contributed by atoms with E-state index in [1.165, 1.54) is 0 Å². The second-order valence-corrected chi connectivity index (χ2v) is 4.64. The van der Waals surface area contributed by atoms with Crippen LogP contribution in [0.4, 0.5) is 0 Å². The van der Waals surface area contributed by atoms with Crippen LogP contribution in [0, 0.1) is 0 Å². The van der Waals surface area contributed by atoms with Gasteiger partial charge >= 0.3 is 7.82 Å². The number of carbonyl (C=O) groups excluding carboxylic acids is 1. The summed E-state index contributed by atoms with van der Waals surface area (Å²) in [5, 5.41) is 45.2. The number of aliphatic hydroxyl groups is 5. The summed E-state index contributed by atoms with van der Waals surface area (Å²) in [5.41, 5.74) is 0. The number of hydrogen-bond acceptors (Lipinski definition) is 8. The molecule has 108 valence electrons. The second kappa shape index (κ2) is 7.24. The third-order valence-electron chi connectivity index (χ3n) is 1.97. The van der Waals surface area contributed by atoms with Gasteiger partial charge in [0, 0.05) is 0 Å². The topological polar surface area (TPSA) is 185 Å². The lowest BCUT2D eigenvalue weighted by atomic mass is 10.0. The van der Waals surface area contributed by atoms with E-state index in [1.807, 2.05) is 0 Å². The van der Waals surface area contributed by atoms with Crippen molar-refractivity contribution in [1.29, 1.82) is 0 Å². The Kier molecular flexibility index (Phi) is 7.07. The fraction of sp³-hybridized carbons (Fsp3) is 0.857. The molecule has 0 bridgehead atoms. The van der Waals surface area contributed by atoms with Crippen LogP contribution in [0.3, 0.4) is 0 Å². The molecule has 11 heteroatoms. The minimum absolute atomic E-state index is 1.03. The van der Waals surface area contributed by atoms with Crippen molar-refractivity contribution in [3.63, 3.8) is 0 Å². The molecule has 0 saturated heterocycles. The lowest BCUT2D eigenvalue weighted by molar-refractivity contribution is -0.149. The summed E-state index contributed by atoms with van der Waals surface area (Å²) in [6.45, 7) is -2.11. The maximum atomic E-state index is 10.8. The van der Waals surface area contributed by atoms with E-state index in [0.29, 0.717) is 0 Å². The van der Waals surface area contributed by atoms with Crippen LogP contribution >= 0.6 is 7.82 Å². The number of phosphoric acid groups is 1. The molecule has 0 rings (SSSR count). The average molecular weight is 291 g/mol. The lowest BCUT2D eigenvalue weighted by Gasteiger charge is -2.25. The van der Waals surface area contributed by atoms with Crippen LogP contribution < -0.4 is 0 Å². The first-order valence-electron chi connectivity index (χ1n) is 4.66. The van der Waals surface area contributed by atoms with E-state index in [-0.39, 0.29) is 0 Å². The van der Waals surface area contributed by atoms with Gasteiger partial charge in [-0.15, -0.1) is 0 Å². The van der Waals surface area contributed by atoms with Gasteiger partial charge in [0.2, 0.25) is 0 Å². The quantitative estimate of drug-likeness (QED) is 0.172. The molecule has 0 heterocycles. The number of carbonyl (C=O) groups is 1. The van der Waals surface area contributed by atoms with Crippen LogP contribution in [-0.2, 0) is 13.9 Å². The number of rotatable bonds is 8. The molecule has 0 spiro atoms. The van der Waals surface area contributed by atoms with Gasteiger partial charge in [-0.05, 0) is 0 Å². The van der Waals surface area contributed by atoms with Gasteiger partial charge in [0.25, 0.3) is 0 Å². The fourth-order valence-corrected chi connectivity index (χ4v) is 1.32. The molecule has 0 aromatic carbocycles. The third-order valence-corrected chi connectivity index (χ3v) is 2.45. The summed E-state index contributed by atoms with van der Waals surface area (Å²) in [6, 6.07) is 0. The van der Waals surface area contributed by atoms with Crippen LogP contribution in [0.1, 0.15) is 0 Å². The van der Waals surface area contributed by atoms with Gasteiger partial charge in [-0.25, -0.2) is 4.57 Å². The molecule has 0 aromatic rings. The van der Waals surface area contributed by atoms with Crippen molar-refractivity contribution >= 4 is 13.6 Å². The molecule has 0 fully saturated rings. The Morgan fingerprint density at radius 1 is 1.11 bits per heavy atom. The molecule has 10 nitrogen and oxygen atoms in total. The summed E-state index contributed by atoms with van der Waals surface area (Å²) < 4.78 is 14.2. The van der Waals surface area contributed by atoms with E-state index in [1.54, 1.807) is 0 Å². The van der Waals surface area contributed by atoms with Gasteiger partial charge in [-0.2, -0.15) is 0 Å². The van der Waals surface area contributed by atoms with Crippen molar-refractivity contribution in [3.8, 4) is 0 Å². The average Bonchev–Trinajstić information content (AvgIpc) is 2.31. The smallest absolute Gasteiger partial charge is 0.388 e. The van der Waals surface area contributed by atoms with Crippen LogP contribution in [0.5, 0.6) is 0 Å². The SMILES string of the molecule is O=C([13CH2]O)[C@@H](O)[C@H](O)[C@@H](O)[C@H](O)COP(=O)(O)O. The van der Waals surface area contributed by atoms with Crippen molar-refractivity contribution in [1.82, 2.24) is 0 Å². The summed E-state index contributed by atoms with van der Waals surface area (Å²) in [5.74, 6) is -1.19. The van der Waals surface area contributed by atoms with Crippen LogP contribution in [0.2, 0.25) is 0 Å². The molecular weight excluding hydrogens is 276 g/mol. The number of ketones is 1. The standard InChI is InChI=1S/C7H15O10P/c8-1-3(9)5(11)7(13)6(12)4(10)2-17-18(14,15)16/h4-8,10-13H,1-2H2,(H2,14,15,16)/t4-,5-,6+,7+/m1/s1/i1+1. The zero-order chi connectivity index (χ0) is 14.5. The predicted octanol–water partition coefficient (Wildman–Crippen LogP) is -3.90. The zero-order valence-corrected chi connectivity index (χ0v) is 9.92. The van der Waals surface area contributed by atoms with Crippen molar-refractivity contribution in [2.45, 2.75) is 24.4 Å². The van der Waals surface area contributed by atoms with Gasteiger partial charge in [-0.3, -0.25) is 9.32 Å². The third kappa shape index (κ3) is 5.96. The number of hydrogen-bond donors (Lipinski definition) is 7. The van der Waals surface area contributed by atoms with Crippen molar-refractivity contribution in [2.75, 3.05) is 13.2 Å². The molecule has 0 aromatic heterocycles. The lowest BCUT2D eigenvalue weighted by Crippen LogP contribution is -2.49. The van der Waals surface area contributed by atoms with Crippen molar-refractivity contribution in [3.05, 3.63) is 0 Å². The van der Waals surface area contributed by atoms with Gasteiger partial charge in [0.15, 0.2) is 5.78 Å². The van der Waals surface area contributed by atoms with Crippen molar-refractivity contribution in [2.24, 2.45) is 0 Å². The van der Waals surface area contributed by atoms with Crippen molar-refractivity contribution < 1.29 is 49.2 Å². The first-order chi connectivity index (χ1) is 8.10. The van der Waals surface area contributed by atoms with Crippen LogP contribution in [-0.4, -0.2) is 78.7 Å². The molecule has 0 aliphatic rings. The Labute approximate surface area is 101 Å². The zero-order valence-electron chi connectivity index (χ0n) is 9.03. The van der Waals surface area contributed by atoms with E-state index in [4.69, 9.17) is 20.0 Å². The first kappa shape index (κ1) is 17.6. The molecule has 0 amide bonds. The molecule has 7 N–H and O–H groups in total.